The van der Waals surface area contributed by atoms with Gasteiger partial charge in [-0.15, -0.1) is 11.6 Å². The highest BCUT2D eigenvalue weighted by Crippen LogP contribution is 2.34. The van der Waals surface area contributed by atoms with Gasteiger partial charge in [-0.25, -0.2) is 8.42 Å². The number of alkyl halides is 4. The van der Waals surface area contributed by atoms with E-state index < -0.39 is 33.0 Å². The fourth-order valence-electron chi connectivity index (χ4n) is 3.44. The van der Waals surface area contributed by atoms with Crippen molar-refractivity contribution in [2.24, 2.45) is 5.41 Å². The molecule has 3 aromatic rings. The Labute approximate surface area is 207 Å². The molecule has 1 aromatic heterocycles. The summed E-state index contributed by atoms with van der Waals surface area (Å²) in [6.45, 7) is 4.91. The number of rotatable bonds is 7. The number of sulfone groups is 1. The first-order valence-corrected chi connectivity index (χ1v) is 13.0. The van der Waals surface area contributed by atoms with Crippen molar-refractivity contribution < 1.29 is 31.1 Å². The molecule has 0 bridgehead atoms. The number of carbonyl (C=O) groups excluding carboxylic acids is 1. The Morgan fingerprint density at radius 1 is 1.06 bits per heavy atom. The number of hydrogen-bond acceptors (Lipinski definition) is 4. The minimum Gasteiger partial charge on any atom is -0.460 e. The monoisotopic (exact) mass is 527 g/mol. The van der Waals surface area contributed by atoms with Crippen LogP contribution in [0, 0.1) is 12.3 Å². The highest BCUT2D eigenvalue weighted by atomic mass is 35.5. The van der Waals surface area contributed by atoms with Gasteiger partial charge in [-0.2, -0.15) is 13.2 Å². The third kappa shape index (κ3) is 5.90. The first-order valence-electron chi connectivity index (χ1n) is 10.6. The van der Waals surface area contributed by atoms with Crippen molar-refractivity contribution in [3.05, 3.63) is 71.4 Å². The standard InChI is InChI=1S/C25H25ClF3NO4S/c1-16-18(14-34-23(31)24(2,3)15-26)12-22(17-8-10-21(11-9-17)35(4,32)33)30(16)20-7-5-6-19(13-20)25(27,28)29/h5-13H,14-15H2,1-4H3. The summed E-state index contributed by atoms with van der Waals surface area (Å²) in [5.41, 5.74) is 0.813. The molecule has 0 fully saturated rings. The molecule has 0 aliphatic rings. The maximum absolute atomic E-state index is 13.4. The van der Waals surface area contributed by atoms with E-state index in [-0.39, 0.29) is 23.1 Å². The minimum absolute atomic E-state index is 0.0635. The second-order valence-electron chi connectivity index (χ2n) is 8.91. The van der Waals surface area contributed by atoms with E-state index >= 15 is 0 Å². The summed E-state index contributed by atoms with van der Waals surface area (Å²) in [6.07, 6.45) is -3.44. The minimum atomic E-state index is -4.53. The van der Waals surface area contributed by atoms with Crippen LogP contribution in [0.15, 0.2) is 59.5 Å². The maximum Gasteiger partial charge on any atom is 0.416 e. The number of hydrogen-bond donors (Lipinski definition) is 0. The fraction of sp³-hybridized carbons (Fsp3) is 0.320. The Kier molecular flexibility index (Phi) is 7.43. The highest BCUT2D eigenvalue weighted by Gasteiger charge is 2.31. The summed E-state index contributed by atoms with van der Waals surface area (Å²) in [5, 5.41) is 0. The van der Waals surface area contributed by atoms with Gasteiger partial charge >= 0.3 is 12.1 Å². The number of carbonyl (C=O) groups is 1. The molecule has 0 atom stereocenters. The van der Waals surface area contributed by atoms with Gasteiger partial charge in [0.2, 0.25) is 0 Å². The molecule has 10 heteroatoms. The van der Waals surface area contributed by atoms with Crippen LogP contribution in [0.3, 0.4) is 0 Å². The van der Waals surface area contributed by atoms with Gasteiger partial charge in [-0.1, -0.05) is 18.2 Å². The molecule has 0 saturated heterocycles. The SMILES string of the molecule is Cc1c(COC(=O)C(C)(C)CCl)cc(-c2ccc(S(C)(=O)=O)cc2)n1-c1cccc(C(F)(F)F)c1. The van der Waals surface area contributed by atoms with E-state index in [1.54, 1.807) is 49.6 Å². The quantitative estimate of drug-likeness (QED) is 0.272. The van der Waals surface area contributed by atoms with Crippen LogP contribution in [0.25, 0.3) is 16.9 Å². The van der Waals surface area contributed by atoms with Crippen molar-refractivity contribution in [3.63, 3.8) is 0 Å². The van der Waals surface area contributed by atoms with E-state index in [0.29, 0.717) is 22.5 Å². The average molecular weight is 528 g/mol. The van der Waals surface area contributed by atoms with E-state index in [2.05, 4.69) is 0 Å². The number of esters is 1. The molecule has 0 saturated carbocycles. The van der Waals surface area contributed by atoms with E-state index in [1.165, 1.54) is 18.2 Å². The third-order valence-electron chi connectivity index (χ3n) is 5.61. The number of aromatic nitrogens is 1. The molecule has 0 spiro atoms. The predicted molar refractivity (Wildman–Crippen MR) is 128 cm³/mol. The largest absolute Gasteiger partial charge is 0.460 e. The molecule has 188 valence electrons. The molecule has 1 heterocycles. The van der Waals surface area contributed by atoms with Crippen LogP contribution in [-0.2, 0) is 32.2 Å². The van der Waals surface area contributed by atoms with Gasteiger partial charge in [-0.3, -0.25) is 4.79 Å². The molecule has 0 unspecified atom stereocenters. The fourth-order valence-corrected chi connectivity index (χ4v) is 4.18. The van der Waals surface area contributed by atoms with Crippen LogP contribution >= 0.6 is 11.6 Å². The lowest BCUT2D eigenvalue weighted by atomic mass is 9.97. The second kappa shape index (κ2) is 9.70. The third-order valence-corrected chi connectivity index (χ3v) is 7.40. The number of nitrogens with zero attached hydrogens (tertiary/aromatic N) is 1. The molecule has 5 nitrogen and oxygen atoms in total. The summed E-state index contributed by atoms with van der Waals surface area (Å²) in [4.78, 5) is 12.5. The summed E-state index contributed by atoms with van der Waals surface area (Å²) in [7, 11) is -3.42. The van der Waals surface area contributed by atoms with E-state index in [4.69, 9.17) is 16.3 Å². The first-order chi connectivity index (χ1) is 16.1. The molecule has 3 rings (SSSR count). The lowest BCUT2D eigenvalue weighted by Gasteiger charge is -2.19. The summed E-state index contributed by atoms with van der Waals surface area (Å²) < 4.78 is 70.9. The van der Waals surface area contributed by atoms with Crippen LogP contribution in [0.4, 0.5) is 13.2 Å². The first kappa shape index (κ1) is 26.8. The van der Waals surface area contributed by atoms with Crippen molar-refractivity contribution in [2.45, 2.75) is 38.4 Å². The lowest BCUT2D eigenvalue weighted by molar-refractivity contribution is -0.154. The van der Waals surface area contributed by atoms with Crippen LogP contribution in [-0.4, -0.2) is 31.1 Å². The molecular formula is C25H25ClF3NO4S. The van der Waals surface area contributed by atoms with Crippen LogP contribution < -0.4 is 0 Å². The Balaban J connectivity index is 2.13. The van der Waals surface area contributed by atoms with Gasteiger partial charge in [-0.05, 0) is 62.7 Å². The zero-order valence-electron chi connectivity index (χ0n) is 19.6. The maximum atomic E-state index is 13.4. The van der Waals surface area contributed by atoms with Crippen molar-refractivity contribution in [1.82, 2.24) is 4.57 Å². The lowest BCUT2D eigenvalue weighted by Crippen LogP contribution is -2.28. The topological polar surface area (TPSA) is 65.4 Å². The van der Waals surface area contributed by atoms with E-state index in [1.807, 2.05) is 0 Å². The van der Waals surface area contributed by atoms with E-state index in [0.717, 1.165) is 18.4 Å². The molecule has 0 N–H and O–H groups in total. The number of halogens is 4. The van der Waals surface area contributed by atoms with Gasteiger partial charge in [0, 0.05) is 29.1 Å². The molecule has 35 heavy (non-hydrogen) atoms. The Morgan fingerprint density at radius 2 is 1.69 bits per heavy atom. The van der Waals surface area contributed by atoms with Crippen LogP contribution in [0.2, 0.25) is 0 Å². The Morgan fingerprint density at radius 3 is 2.23 bits per heavy atom. The number of benzene rings is 2. The van der Waals surface area contributed by atoms with E-state index in [9.17, 15) is 26.4 Å². The Hall–Kier alpha value is -2.78. The summed E-state index contributed by atoms with van der Waals surface area (Å²) >= 11 is 5.85. The van der Waals surface area contributed by atoms with Gasteiger partial charge in [0.05, 0.1) is 21.6 Å². The molecule has 2 aromatic carbocycles. The second-order valence-corrected chi connectivity index (χ2v) is 11.2. The molecule has 0 radical (unpaired) electrons. The van der Waals surface area contributed by atoms with Gasteiger partial charge < -0.3 is 9.30 Å². The Bertz CT molecular complexity index is 1340. The van der Waals surface area contributed by atoms with Gasteiger partial charge in [0.15, 0.2) is 9.84 Å². The smallest absolute Gasteiger partial charge is 0.416 e. The van der Waals surface area contributed by atoms with Crippen molar-refractivity contribution in [1.29, 1.82) is 0 Å². The van der Waals surface area contributed by atoms with Crippen LogP contribution in [0.1, 0.15) is 30.7 Å². The van der Waals surface area contributed by atoms with Gasteiger partial charge in [0.25, 0.3) is 0 Å². The predicted octanol–water partition coefficient (Wildman–Crippen LogP) is 6.18. The molecule has 0 aliphatic carbocycles. The van der Waals surface area contributed by atoms with Crippen molar-refractivity contribution >= 4 is 27.4 Å². The highest BCUT2D eigenvalue weighted by molar-refractivity contribution is 7.90. The number of ether oxygens (including phenoxy) is 1. The van der Waals surface area contributed by atoms with Crippen molar-refractivity contribution in [3.8, 4) is 16.9 Å². The zero-order chi connectivity index (χ0) is 26.2. The molecule has 0 amide bonds. The normalized spacial score (nSPS) is 12.6. The average Bonchev–Trinajstić information content (AvgIpc) is 3.12. The van der Waals surface area contributed by atoms with Crippen LogP contribution in [0.5, 0.6) is 0 Å². The summed E-state index contributed by atoms with van der Waals surface area (Å²) in [5.74, 6) is -0.439. The van der Waals surface area contributed by atoms with Gasteiger partial charge in [0.1, 0.15) is 6.61 Å². The zero-order valence-corrected chi connectivity index (χ0v) is 21.2. The van der Waals surface area contributed by atoms with Crippen molar-refractivity contribution in [2.75, 3.05) is 12.1 Å². The molecule has 0 aliphatic heterocycles. The summed E-state index contributed by atoms with van der Waals surface area (Å²) in [6, 6.07) is 12.6. The molecular weight excluding hydrogens is 503 g/mol.